The number of ketones is 1. The number of carbonyl (C=O) groups excluding carboxylic acids is 1. The van der Waals surface area contributed by atoms with Crippen LogP contribution in [0.5, 0.6) is 5.75 Å². The Balaban J connectivity index is 0.00000312. The van der Waals surface area contributed by atoms with Crippen molar-refractivity contribution in [2.24, 2.45) is 5.11 Å². The summed E-state index contributed by atoms with van der Waals surface area (Å²) >= 11 is 0. The third kappa shape index (κ3) is 5.71. The number of phenolic OH excluding ortho intramolecular Hbond substituents is 1. The SMILES string of the molecule is [H-].[N-]=[N+]=Nc1ccc(C(=O)/C=C/c2ccc(O)cc2)c(S(=O)(=O)O)c1.[Na+]. The van der Waals surface area contributed by atoms with E-state index in [1.165, 1.54) is 24.3 Å². The van der Waals surface area contributed by atoms with Crippen LogP contribution >= 0.6 is 0 Å². The van der Waals surface area contributed by atoms with Crippen LogP contribution in [0, 0.1) is 0 Å². The topological polar surface area (TPSA) is 140 Å². The van der Waals surface area contributed by atoms with Gasteiger partial charge in [-0.3, -0.25) is 9.35 Å². The molecule has 0 spiro atoms. The molecule has 0 atom stereocenters. The summed E-state index contributed by atoms with van der Waals surface area (Å²) in [6.07, 6.45) is 2.56. The summed E-state index contributed by atoms with van der Waals surface area (Å²) < 4.78 is 32.1. The Morgan fingerprint density at radius 3 is 2.40 bits per heavy atom. The zero-order chi connectivity index (χ0) is 17.7. The van der Waals surface area contributed by atoms with E-state index in [-0.39, 0.29) is 48.0 Å². The number of nitrogens with zero attached hydrogens (tertiary/aromatic N) is 3. The molecule has 0 aliphatic heterocycles. The Morgan fingerprint density at radius 1 is 1.20 bits per heavy atom. The van der Waals surface area contributed by atoms with Crippen LogP contribution in [-0.2, 0) is 10.1 Å². The monoisotopic (exact) mass is 369 g/mol. The Morgan fingerprint density at radius 2 is 1.84 bits per heavy atom. The van der Waals surface area contributed by atoms with Gasteiger partial charge in [0.25, 0.3) is 10.1 Å². The first-order valence-electron chi connectivity index (χ1n) is 6.49. The van der Waals surface area contributed by atoms with Gasteiger partial charge in [0.2, 0.25) is 0 Å². The summed E-state index contributed by atoms with van der Waals surface area (Å²) in [5.74, 6) is -0.594. The van der Waals surface area contributed by atoms with Gasteiger partial charge in [-0.15, -0.1) is 0 Å². The molecule has 25 heavy (non-hydrogen) atoms. The molecule has 0 saturated heterocycles. The molecule has 2 rings (SSSR count). The fraction of sp³-hybridized carbons (Fsp3) is 0. The average molecular weight is 369 g/mol. The standard InChI is InChI=1S/C15H11N3O5S.Na.H/c16-18-17-11-4-7-13(15(9-11)24(21,22)23)14(20)8-3-10-1-5-12(19)6-2-10;;/h1-9,19H,(H,21,22,23);;/q;+1;-1/b8-3+;;. The van der Waals surface area contributed by atoms with Gasteiger partial charge in [-0.2, -0.15) is 8.42 Å². The van der Waals surface area contributed by atoms with Crippen LogP contribution in [0.1, 0.15) is 17.3 Å². The summed E-state index contributed by atoms with van der Waals surface area (Å²) in [5.41, 5.74) is 8.67. The Labute approximate surface area is 167 Å². The van der Waals surface area contributed by atoms with Crippen molar-refractivity contribution in [2.75, 3.05) is 0 Å². The molecule has 0 saturated carbocycles. The molecule has 0 fully saturated rings. The van der Waals surface area contributed by atoms with Crippen molar-refractivity contribution < 1.29 is 53.9 Å². The van der Waals surface area contributed by atoms with Gasteiger partial charge in [-0.05, 0) is 41.4 Å². The van der Waals surface area contributed by atoms with E-state index < -0.39 is 20.8 Å². The summed E-state index contributed by atoms with van der Waals surface area (Å²) in [6.45, 7) is 0. The van der Waals surface area contributed by atoms with Gasteiger partial charge in [0, 0.05) is 16.2 Å². The van der Waals surface area contributed by atoms with E-state index in [1.807, 2.05) is 0 Å². The van der Waals surface area contributed by atoms with E-state index in [1.54, 1.807) is 12.1 Å². The molecule has 0 bridgehead atoms. The zero-order valence-electron chi connectivity index (χ0n) is 14.1. The van der Waals surface area contributed by atoms with Gasteiger partial charge in [0.15, 0.2) is 5.78 Å². The number of benzene rings is 2. The van der Waals surface area contributed by atoms with Crippen LogP contribution in [0.3, 0.4) is 0 Å². The average Bonchev–Trinajstić information content (AvgIpc) is 2.53. The van der Waals surface area contributed by atoms with Crippen LogP contribution in [-0.4, -0.2) is 23.9 Å². The maximum atomic E-state index is 12.2. The summed E-state index contributed by atoms with van der Waals surface area (Å²) in [6, 6.07) is 9.31. The second-order valence-electron chi connectivity index (χ2n) is 4.63. The maximum absolute atomic E-state index is 12.2. The molecule has 2 N–H and O–H groups in total. The minimum Gasteiger partial charge on any atom is -1.00 e. The number of hydrogen-bond donors (Lipinski definition) is 2. The number of phenols is 1. The molecule has 0 aliphatic carbocycles. The van der Waals surface area contributed by atoms with Gasteiger partial charge < -0.3 is 6.53 Å². The molecule has 0 aromatic heterocycles. The minimum absolute atomic E-state index is 0. The Kier molecular flexibility index (Phi) is 7.38. The molecule has 0 heterocycles. The van der Waals surface area contributed by atoms with Crippen molar-refractivity contribution in [1.29, 1.82) is 0 Å². The van der Waals surface area contributed by atoms with E-state index >= 15 is 0 Å². The van der Waals surface area contributed by atoms with Crippen LogP contribution in [0.2, 0.25) is 0 Å². The first kappa shape index (κ1) is 20.9. The third-order valence-electron chi connectivity index (χ3n) is 2.99. The number of aromatic hydroxyl groups is 1. The maximum Gasteiger partial charge on any atom is 1.00 e. The van der Waals surface area contributed by atoms with Crippen molar-refractivity contribution in [3.05, 3.63) is 70.1 Å². The van der Waals surface area contributed by atoms with Crippen molar-refractivity contribution in [3.63, 3.8) is 0 Å². The van der Waals surface area contributed by atoms with E-state index in [4.69, 9.17) is 5.53 Å². The predicted octanol–water partition coefficient (Wildman–Crippen LogP) is 0.593. The van der Waals surface area contributed by atoms with Gasteiger partial charge in [0.05, 0.1) is 0 Å². The van der Waals surface area contributed by atoms with Gasteiger partial charge in [-0.1, -0.05) is 29.4 Å². The molecule has 0 amide bonds. The quantitative estimate of drug-likeness (QED) is 0.151. The van der Waals surface area contributed by atoms with Crippen LogP contribution < -0.4 is 29.6 Å². The first-order valence-corrected chi connectivity index (χ1v) is 7.93. The molecule has 0 radical (unpaired) electrons. The molecular weight excluding hydrogens is 357 g/mol. The summed E-state index contributed by atoms with van der Waals surface area (Å²) in [7, 11) is -4.68. The number of hydrogen-bond acceptors (Lipinski definition) is 5. The third-order valence-corrected chi connectivity index (χ3v) is 3.88. The molecule has 2 aromatic rings. The number of carbonyl (C=O) groups is 1. The Bertz CT molecular complexity index is 971. The number of allylic oxidation sites excluding steroid dienone is 1. The molecule has 124 valence electrons. The first-order chi connectivity index (χ1) is 11.3. The second-order valence-corrected chi connectivity index (χ2v) is 6.02. The van der Waals surface area contributed by atoms with Crippen molar-refractivity contribution >= 4 is 27.7 Å². The molecule has 2 aromatic carbocycles. The fourth-order valence-electron chi connectivity index (χ4n) is 1.89. The largest absolute Gasteiger partial charge is 1.00 e. The van der Waals surface area contributed by atoms with Crippen LogP contribution in [0.25, 0.3) is 16.5 Å². The van der Waals surface area contributed by atoms with E-state index in [9.17, 15) is 22.9 Å². The van der Waals surface area contributed by atoms with Crippen molar-refractivity contribution in [3.8, 4) is 5.75 Å². The second kappa shape index (κ2) is 8.82. The van der Waals surface area contributed by atoms with E-state index in [0.29, 0.717) is 5.56 Å². The molecule has 0 unspecified atom stereocenters. The molecule has 8 nitrogen and oxygen atoms in total. The van der Waals surface area contributed by atoms with Crippen LogP contribution in [0.15, 0.2) is 58.6 Å². The summed E-state index contributed by atoms with van der Waals surface area (Å²) in [5, 5.41) is 12.4. The van der Waals surface area contributed by atoms with Gasteiger partial charge >= 0.3 is 29.6 Å². The van der Waals surface area contributed by atoms with Crippen molar-refractivity contribution in [1.82, 2.24) is 0 Å². The molecule has 10 heteroatoms. The normalized spacial score (nSPS) is 10.8. The van der Waals surface area contributed by atoms with Gasteiger partial charge in [-0.25, -0.2) is 0 Å². The minimum atomic E-state index is -4.68. The van der Waals surface area contributed by atoms with E-state index in [0.717, 1.165) is 18.2 Å². The summed E-state index contributed by atoms with van der Waals surface area (Å²) in [4.78, 5) is 14.1. The number of azide groups is 1. The van der Waals surface area contributed by atoms with Crippen LogP contribution in [0.4, 0.5) is 5.69 Å². The van der Waals surface area contributed by atoms with Gasteiger partial charge in [0.1, 0.15) is 10.6 Å². The Hall–Kier alpha value is -2.13. The number of rotatable bonds is 5. The smallest absolute Gasteiger partial charge is 1.00 e. The van der Waals surface area contributed by atoms with Crippen molar-refractivity contribution in [2.45, 2.75) is 4.90 Å². The van der Waals surface area contributed by atoms with E-state index in [2.05, 4.69) is 10.0 Å². The molecule has 0 aliphatic rings. The zero-order valence-corrected chi connectivity index (χ0v) is 15.9. The molecular formula is C15H12N3NaO5S. The fourth-order valence-corrected chi connectivity index (χ4v) is 2.61. The predicted molar refractivity (Wildman–Crippen MR) is 87.6 cm³/mol.